The Morgan fingerprint density at radius 2 is 1.90 bits per heavy atom. The molecule has 0 unspecified atom stereocenters. The standard InChI is InChI=1S/C21H18N10/c1-11-9-31(10-24-11)15-6-7-22-20-18(15)26-21(27-20)19-17-14(28-29-19)5-4-13(25-17)16-8-23-12(2)30(16)3/h4-10H,1-3H3,(H,28,29)(H,22,26,27). The van der Waals surface area contributed by atoms with Crippen LogP contribution in [0.25, 0.3) is 50.8 Å². The van der Waals surface area contributed by atoms with Gasteiger partial charge in [-0.1, -0.05) is 0 Å². The first-order valence-electron chi connectivity index (χ1n) is 9.78. The largest absolute Gasteiger partial charge is 0.333 e. The zero-order valence-corrected chi connectivity index (χ0v) is 17.1. The molecule has 6 rings (SSSR count). The van der Waals surface area contributed by atoms with Gasteiger partial charge in [0.2, 0.25) is 0 Å². The van der Waals surface area contributed by atoms with Crippen LogP contribution in [-0.4, -0.2) is 49.2 Å². The molecule has 6 heterocycles. The number of aryl methyl sites for hydroxylation is 2. The third kappa shape index (κ3) is 2.65. The minimum Gasteiger partial charge on any atom is -0.333 e. The van der Waals surface area contributed by atoms with Gasteiger partial charge in [0, 0.05) is 19.4 Å². The Labute approximate surface area is 176 Å². The van der Waals surface area contributed by atoms with Gasteiger partial charge >= 0.3 is 0 Å². The van der Waals surface area contributed by atoms with Crippen molar-refractivity contribution < 1.29 is 0 Å². The highest BCUT2D eigenvalue weighted by atomic mass is 15.2. The van der Waals surface area contributed by atoms with E-state index in [0.29, 0.717) is 17.2 Å². The summed E-state index contributed by atoms with van der Waals surface area (Å²) in [6, 6.07) is 5.85. The highest BCUT2D eigenvalue weighted by Gasteiger charge is 2.18. The summed E-state index contributed by atoms with van der Waals surface area (Å²) in [7, 11) is 1.98. The van der Waals surface area contributed by atoms with Gasteiger partial charge < -0.3 is 14.1 Å². The molecule has 0 bridgehead atoms. The van der Waals surface area contributed by atoms with Crippen LogP contribution in [0.3, 0.4) is 0 Å². The van der Waals surface area contributed by atoms with E-state index in [1.807, 2.05) is 60.6 Å². The average molecular weight is 410 g/mol. The molecule has 0 aliphatic heterocycles. The van der Waals surface area contributed by atoms with Crippen molar-refractivity contribution >= 4 is 22.2 Å². The minimum absolute atomic E-state index is 0.601. The molecule has 0 aliphatic rings. The van der Waals surface area contributed by atoms with Crippen LogP contribution in [0.15, 0.2) is 43.1 Å². The maximum atomic E-state index is 4.86. The fourth-order valence-corrected chi connectivity index (χ4v) is 3.72. The van der Waals surface area contributed by atoms with Gasteiger partial charge in [-0.15, -0.1) is 0 Å². The molecule has 0 atom stereocenters. The molecular formula is C21H18N10. The Hall–Kier alpha value is -4.34. The second kappa shape index (κ2) is 6.33. The third-order valence-electron chi connectivity index (χ3n) is 5.47. The highest BCUT2D eigenvalue weighted by molar-refractivity contribution is 5.92. The molecule has 0 amide bonds. The molecule has 31 heavy (non-hydrogen) atoms. The van der Waals surface area contributed by atoms with E-state index in [4.69, 9.17) is 4.98 Å². The van der Waals surface area contributed by atoms with Crippen molar-refractivity contribution in [3.8, 4) is 28.6 Å². The van der Waals surface area contributed by atoms with Crippen LogP contribution in [0, 0.1) is 13.8 Å². The van der Waals surface area contributed by atoms with Crippen molar-refractivity contribution in [1.82, 2.24) is 49.2 Å². The van der Waals surface area contributed by atoms with Gasteiger partial charge in [-0.2, -0.15) is 5.10 Å². The smallest absolute Gasteiger partial charge is 0.180 e. The first kappa shape index (κ1) is 17.5. The third-order valence-corrected chi connectivity index (χ3v) is 5.47. The van der Waals surface area contributed by atoms with Crippen LogP contribution in [0.1, 0.15) is 11.5 Å². The average Bonchev–Trinajstić information content (AvgIpc) is 3.54. The lowest BCUT2D eigenvalue weighted by atomic mass is 10.2. The summed E-state index contributed by atoms with van der Waals surface area (Å²) in [5.74, 6) is 1.53. The van der Waals surface area contributed by atoms with Gasteiger partial charge in [0.1, 0.15) is 16.9 Å². The van der Waals surface area contributed by atoms with Crippen LogP contribution in [-0.2, 0) is 7.05 Å². The van der Waals surface area contributed by atoms with E-state index in [2.05, 4.69) is 35.1 Å². The summed E-state index contributed by atoms with van der Waals surface area (Å²) < 4.78 is 3.96. The van der Waals surface area contributed by atoms with Gasteiger partial charge in [0.05, 0.1) is 40.8 Å². The number of hydrogen-bond donors (Lipinski definition) is 2. The first-order chi connectivity index (χ1) is 15.1. The molecule has 0 saturated carbocycles. The molecule has 0 aromatic carbocycles. The Morgan fingerprint density at radius 3 is 2.68 bits per heavy atom. The summed E-state index contributed by atoms with van der Waals surface area (Å²) in [5, 5.41) is 7.53. The molecule has 10 heteroatoms. The normalized spacial score (nSPS) is 11.7. The predicted octanol–water partition coefficient (Wildman–Crippen LogP) is 3.10. The van der Waals surface area contributed by atoms with Gasteiger partial charge in [-0.25, -0.2) is 24.9 Å². The van der Waals surface area contributed by atoms with Crippen molar-refractivity contribution in [2.75, 3.05) is 0 Å². The topological polar surface area (TPSA) is 119 Å². The quantitative estimate of drug-likeness (QED) is 0.463. The number of H-pyrrole nitrogens is 2. The molecule has 152 valence electrons. The fraction of sp³-hybridized carbons (Fsp3) is 0.143. The van der Waals surface area contributed by atoms with Gasteiger partial charge in [-0.3, -0.25) is 5.10 Å². The molecule has 0 aliphatic carbocycles. The van der Waals surface area contributed by atoms with Gasteiger partial charge in [0.15, 0.2) is 17.2 Å². The van der Waals surface area contributed by atoms with Crippen molar-refractivity contribution in [1.29, 1.82) is 0 Å². The Bertz CT molecular complexity index is 1580. The molecule has 0 spiro atoms. The molecule has 10 nitrogen and oxygen atoms in total. The van der Waals surface area contributed by atoms with Crippen LogP contribution in [0.2, 0.25) is 0 Å². The monoisotopic (exact) mass is 410 g/mol. The van der Waals surface area contributed by atoms with E-state index in [0.717, 1.165) is 45.1 Å². The number of hydrogen-bond acceptors (Lipinski definition) is 6. The number of aromatic nitrogens is 10. The summed E-state index contributed by atoms with van der Waals surface area (Å²) in [4.78, 5) is 26.0. The van der Waals surface area contributed by atoms with Crippen molar-refractivity contribution in [3.63, 3.8) is 0 Å². The molecule has 0 radical (unpaired) electrons. The summed E-state index contributed by atoms with van der Waals surface area (Å²) in [5.41, 5.74) is 7.23. The lowest BCUT2D eigenvalue weighted by Gasteiger charge is -2.03. The second-order valence-corrected chi connectivity index (χ2v) is 7.45. The minimum atomic E-state index is 0.601. The van der Waals surface area contributed by atoms with E-state index in [9.17, 15) is 0 Å². The van der Waals surface area contributed by atoms with Crippen molar-refractivity contribution in [2.45, 2.75) is 13.8 Å². The van der Waals surface area contributed by atoms with Gasteiger partial charge in [-0.05, 0) is 32.0 Å². The molecular weight excluding hydrogens is 392 g/mol. The number of rotatable bonds is 3. The van der Waals surface area contributed by atoms with E-state index < -0.39 is 0 Å². The lowest BCUT2D eigenvalue weighted by molar-refractivity contribution is 0.862. The number of nitrogens with zero attached hydrogens (tertiary/aromatic N) is 8. The maximum Gasteiger partial charge on any atom is 0.180 e. The van der Waals surface area contributed by atoms with Crippen molar-refractivity contribution in [2.24, 2.45) is 7.05 Å². The van der Waals surface area contributed by atoms with Crippen LogP contribution >= 0.6 is 0 Å². The van der Waals surface area contributed by atoms with E-state index >= 15 is 0 Å². The van der Waals surface area contributed by atoms with E-state index in [1.54, 1.807) is 12.5 Å². The Balaban J connectivity index is 1.52. The summed E-state index contributed by atoms with van der Waals surface area (Å²) >= 11 is 0. The fourth-order valence-electron chi connectivity index (χ4n) is 3.72. The van der Waals surface area contributed by atoms with Crippen LogP contribution in [0.5, 0.6) is 0 Å². The van der Waals surface area contributed by atoms with E-state index in [-0.39, 0.29) is 0 Å². The molecule has 0 fully saturated rings. The predicted molar refractivity (Wildman–Crippen MR) is 116 cm³/mol. The zero-order valence-electron chi connectivity index (χ0n) is 17.1. The van der Waals surface area contributed by atoms with Crippen LogP contribution < -0.4 is 0 Å². The Morgan fingerprint density at radius 1 is 1.00 bits per heavy atom. The summed E-state index contributed by atoms with van der Waals surface area (Å²) in [6.45, 7) is 3.92. The van der Waals surface area contributed by atoms with Crippen molar-refractivity contribution in [3.05, 3.63) is 54.6 Å². The number of nitrogens with one attached hydrogen (secondary N) is 2. The van der Waals surface area contributed by atoms with E-state index in [1.165, 1.54) is 0 Å². The SMILES string of the molecule is Cc1cn(-c2ccnc3nc(-c4n[nH]c5ccc(-c6cnc(C)n6C)nc45)[nH]c23)cn1. The number of aromatic amines is 2. The molecule has 2 N–H and O–H groups in total. The van der Waals surface area contributed by atoms with Crippen LogP contribution in [0.4, 0.5) is 0 Å². The summed E-state index contributed by atoms with van der Waals surface area (Å²) in [6.07, 6.45) is 7.30. The second-order valence-electron chi connectivity index (χ2n) is 7.45. The first-order valence-corrected chi connectivity index (χ1v) is 9.78. The zero-order chi connectivity index (χ0) is 21.1. The number of pyridine rings is 2. The Kier molecular flexibility index (Phi) is 3.57. The van der Waals surface area contributed by atoms with Gasteiger partial charge in [0.25, 0.3) is 0 Å². The number of imidazole rings is 3. The molecule has 6 aromatic rings. The number of fused-ring (bicyclic) bond motifs is 2. The maximum absolute atomic E-state index is 4.86. The highest BCUT2D eigenvalue weighted by Crippen LogP contribution is 2.28. The lowest BCUT2D eigenvalue weighted by Crippen LogP contribution is -1.96. The molecule has 0 saturated heterocycles. The molecule has 6 aromatic heterocycles.